The molecule has 5 heterocycles. The molecular weight excluding hydrogens is 583 g/mol. The fraction of sp³-hybridized carbons (Fsp3) is 0.143. The van der Waals surface area contributed by atoms with E-state index in [4.69, 9.17) is 28.9 Å². The number of phenols is 1. The number of anilines is 2. The Kier molecular flexibility index (Phi) is 6.79. The van der Waals surface area contributed by atoms with E-state index in [-0.39, 0.29) is 38.7 Å². The van der Waals surface area contributed by atoms with Gasteiger partial charge in [-0.15, -0.1) is 0 Å². The van der Waals surface area contributed by atoms with Crippen LogP contribution in [0, 0.1) is 0 Å². The van der Waals surface area contributed by atoms with Crippen molar-refractivity contribution < 1.29 is 14.7 Å². The highest BCUT2D eigenvalue weighted by atomic mass is 35.5. The van der Waals surface area contributed by atoms with Crippen LogP contribution in [0.3, 0.4) is 0 Å². The molecule has 42 heavy (non-hydrogen) atoms. The van der Waals surface area contributed by atoms with Gasteiger partial charge in [0.05, 0.1) is 39.2 Å². The molecule has 4 aromatic heterocycles. The summed E-state index contributed by atoms with van der Waals surface area (Å²) in [7, 11) is 1.54. The topological polar surface area (TPSA) is 161 Å². The zero-order valence-corrected chi connectivity index (χ0v) is 23.5. The maximum atomic E-state index is 13.3. The summed E-state index contributed by atoms with van der Waals surface area (Å²) in [5.41, 5.74) is 8.36. The Morgan fingerprint density at radius 2 is 1.88 bits per heavy atom. The maximum absolute atomic E-state index is 13.3. The molecule has 0 aliphatic carbocycles. The van der Waals surface area contributed by atoms with Crippen LogP contribution in [0.4, 0.5) is 11.5 Å². The maximum Gasteiger partial charge on any atom is 0.263 e. The number of aromatic nitrogens is 5. The summed E-state index contributed by atoms with van der Waals surface area (Å²) in [6.45, 7) is 1.06. The smallest absolute Gasteiger partial charge is 0.263 e. The fourth-order valence-corrected chi connectivity index (χ4v) is 5.34. The van der Waals surface area contributed by atoms with Gasteiger partial charge in [0.25, 0.3) is 11.5 Å². The summed E-state index contributed by atoms with van der Waals surface area (Å²) in [5, 5.41) is 13.3. The average molecular weight is 605 g/mol. The second-order valence-electron chi connectivity index (χ2n) is 9.82. The van der Waals surface area contributed by atoms with Crippen molar-refractivity contribution in [2.45, 2.75) is 19.6 Å². The predicted molar refractivity (Wildman–Crippen MR) is 158 cm³/mol. The molecule has 0 bridgehead atoms. The zero-order chi connectivity index (χ0) is 29.7. The fourth-order valence-electron chi connectivity index (χ4n) is 4.97. The van der Waals surface area contributed by atoms with Gasteiger partial charge in [0.15, 0.2) is 0 Å². The molecular formula is C28H22Cl2N8O4. The Hall–Kier alpha value is -4.94. The monoisotopic (exact) mass is 604 g/mol. The zero-order valence-electron chi connectivity index (χ0n) is 22.0. The average Bonchev–Trinajstić information content (AvgIpc) is 3.55. The van der Waals surface area contributed by atoms with E-state index in [1.165, 1.54) is 33.8 Å². The van der Waals surface area contributed by atoms with Gasteiger partial charge in [-0.1, -0.05) is 23.2 Å². The molecule has 0 spiro atoms. The Balaban J connectivity index is 1.32. The van der Waals surface area contributed by atoms with Crippen LogP contribution in [0.1, 0.15) is 21.5 Å². The number of amides is 2. The number of primary amides is 1. The molecule has 2 amide bonds. The summed E-state index contributed by atoms with van der Waals surface area (Å²) < 4.78 is 2.80. The van der Waals surface area contributed by atoms with E-state index < -0.39 is 17.6 Å². The molecule has 1 aliphatic rings. The summed E-state index contributed by atoms with van der Waals surface area (Å²) in [5.74, 6) is -1.16. The molecule has 0 saturated carbocycles. The van der Waals surface area contributed by atoms with E-state index in [9.17, 15) is 19.5 Å². The van der Waals surface area contributed by atoms with Gasteiger partial charge >= 0.3 is 0 Å². The number of nitrogens with two attached hydrogens (primary N) is 1. The quantitative estimate of drug-likeness (QED) is 0.265. The second kappa shape index (κ2) is 10.5. The minimum Gasteiger partial charge on any atom is -0.506 e. The highest BCUT2D eigenvalue weighted by molar-refractivity contribution is 6.34. The first-order valence-corrected chi connectivity index (χ1v) is 13.4. The van der Waals surface area contributed by atoms with Gasteiger partial charge in [0.2, 0.25) is 5.91 Å². The first-order valence-electron chi connectivity index (χ1n) is 12.6. The SMILES string of the molecule is Cn1cnc2c(c(-c3cc(Cl)c(O)c(C(N)=O)c3)cn2CC(=O)Nc2cc(N3Cc4ccncc4C3)ncc2Cl)c1=O. The van der Waals surface area contributed by atoms with Gasteiger partial charge in [-0.2, -0.15) is 0 Å². The summed E-state index contributed by atoms with van der Waals surface area (Å²) in [4.78, 5) is 53.4. The normalized spacial score (nSPS) is 12.5. The third-order valence-corrected chi connectivity index (χ3v) is 7.65. The molecule has 0 saturated heterocycles. The molecule has 212 valence electrons. The number of aryl methyl sites for hydroxylation is 1. The number of aromatic hydroxyl groups is 1. The largest absolute Gasteiger partial charge is 0.506 e. The number of halogens is 2. The summed E-state index contributed by atoms with van der Waals surface area (Å²) >= 11 is 12.6. The Bertz CT molecular complexity index is 1960. The van der Waals surface area contributed by atoms with Crippen LogP contribution in [-0.2, 0) is 31.5 Å². The van der Waals surface area contributed by atoms with Crippen LogP contribution in [0.5, 0.6) is 5.75 Å². The van der Waals surface area contributed by atoms with Crippen molar-refractivity contribution in [3.05, 3.63) is 92.5 Å². The van der Waals surface area contributed by atoms with Crippen LogP contribution in [0.15, 0.2) is 60.2 Å². The summed E-state index contributed by atoms with van der Waals surface area (Å²) in [6, 6.07) is 6.41. The number of nitrogens with zero attached hydrogens (tertiary/aromatic N) is 6. The van der Waals surface area contributed by atoms with Gasteiger partial charge in [-0.25, -0.2) is 9.97 Å². The van der Waals surface area contributed by atoms with Gasteiger partial charge in [-0.3, -0.25) is 19.4 Å². The standard InChI is InChI=1S/C28H22Cl2N8O4/c1-36-13-34-27-24(28(36)42)18(15-4-17(26(31)41)25(40)19(29)5-15)11-38(27)12-23(39)35-21-6-22(33-8-20(21)30)37-9-14-2-3-32-7-16(14)10-37/h2-8,11,13,40H,9-10,12H2,1H3,(H2,31,41)(H,33,35,39). The lowest BCUT2D eigenvalue weighted by Gasteiger charge is -2.18. The molecule has 12 nitrogen and oxygen atoms in total. The molecule has 6 rings (SSSR count). The van der Waals surface area contributed by atoms with E-state index in [2.05, 4.69) is 20.3 Å². The number of benzene rings is 1. The van der Waals surface area contributed by atoms with Crippen LogP contribution >= 0.6 is 23.2 Å². The van der Waals surface area contributed by atoms with Crippen LogP contribution in [-0.4, -0.2) is 41.0 Å². The minimum absolute atomic E-state index is 0.124. The van der Waals surface area contributed by atoms with Gasteiger partial charge in [0.1, 0.15) is 23.8 Å². The number of rotatable bonds is 6. The molecule has 0 unspecified atom stereocenters. The predicted octanol–water partition coefficient (Wildman–Crippen LogP) is 3.46. The minimum atomic E-state index is -0.895. The molecule has 0 atom stereocenters. The molecule has 1 aromatic carbocycles. The molecule has 5 aromatic rings. The summed E-state index contributed by atoms with van der Waals surface area (Å²) in [6.07, 6.45) is 7.95. The number of nitrogens with one attached hydrogen (secondary N) is 1. The van der Waals surface area contributed by atoms with Gasteiger partial charge < -0.3 is 30.2 Å². The third-order valence-electron chi connectivity index (χ3n) is 7.06. The lowest BCUT2D eigenvalue weighted by atomic mass is 10.0. The van der Waals surface area contributed by atoms with Crippen molar-refractivity contribution in [1.82, 2.24) is 24.1 Å². The number of hydrogen-bond acceptors (Lipinski definition) is 8. The van der Waals surface area contributed by atoms with Crippen LogP contribution in [0.2, 0.25) is 10.0 Å². The number of carbonyl (C=O) groups is 2. The van der Waals surface area contributed by atoms with Crippen LogP contribution < -0.4 is 21.5 Å². The Morgan fingerprint density at radius 1 is 1.10 bits per heavy atom. The van der Waals surface area contributed by atoms with Crippen molar-refractivity contribution in [2.24, 2.45) is 12.8 Å². The van der Waals surface area contributed by atoms with Crippen molar-refractivity contribution in [3.8, 4) is 16.9 Å². The van der Waals surface area contributed by atoms with E-state index in [1.807, 2.05) is 17.2 Å². The molecule has 1 aliphatic heterocycles. The third kappa shape index (κ3) is 4.80. The van der Waals surface area contributed by atoms with Crippen molar-refractivity contribution in [3.63, 3.8) is 0 Å². The van der Waals surface area contributed by atoms with Gasteiger partial charge in [-0.05, 0) is 34.9 Å². The molecule has 0 fully saturated rings. The van der Waals surface area contributed by atoms with Crippen molar-refractivity contribution in [2.75, 3.05) is 10.2 Å². The molecule has 0 radical (unpaired) electrons. The highest BCUT2D eigenvalue weighted by Gasteiger charge is 2.23. The first-order chi connectivity index (χ1) is 20.1. The van der Waals surface area contributed by atoms with Crippen molar-refractivity contribution >= 4 is 57.6 Å². The van der Waals surface area contributed by atoms with E-state index in [1.54, 1.807) is 25.5 Å². The molecule has 14 heteroatoms. The lowest BCUT2D eigenvalue weighted by molar-refractivity contribution is -0.116. The van der Waals surface area contributed by atoms with Crippen molar-refractivity contribution in [1.29, 1.82) is 0 Å². The van der Waals surface area contributed by atoms with Crippen LogP contribution in [0.25, 0.3) is 22.2 Å². The highest BCUT2D eigenvalue weighted by Crippen LogP contribution is 2.36. The molecule has 4 N–H and O–H groups in total. The number of pyridine rings is 2. The Labute approximate surface area is 248 Å². The Morgan fingerprint density at radius 3 is 2.64 bits per heavy atom. The van der Waals surface area contributed by atoms with E-state index in [0.717, 1.165) is 11.1 Å². The number of hydrogen-bond donors (Lipinski definition) is 3. The lowest BCUT2D eigenvalue weighted by Crippen LogP contribution is -2.21. The van der Waals surface area contributed by atoms with E-state index in [0.29, 0.717) is 35.7 Å². The van der Waals surface area contributed by atoms with Gasteiger partial charge in [0, 0.05) is 50.4 Å². The first kappa shape index (κ1) is 27.2. The number of fused-ring (bicyclic) bond motifs is 2. The number of carbonyl (C=O) groups excluding carboxylic acids is 2. The van der Waals surface area contributed by atoms with E-state index >= 15 is 0 Å². The second-order valence-corrected chi connectivity index (χ2v) is 10.6.